The zero-order valence-electron chi connectivity index (χ0n) is 23.9. The summed E-state index contributed by atoms with van der Waals surface area (Å²) >= 11 is 0. The molecule has 1 saturated heterocycles. The van der Waals surface area contributed by atoms with E-state index in [2.05, 4.69) is 25.1 Å². The first-order valence-electron chi connectivity index (χ1n) is 13.9. The van der Waals surface area contributed by atoms with Crippen LogP contribution in [0.5, 0.6) is 11.5 Å². The first kappa shape index (κ1) is 28.4. The lowest BCUT2D eigenvalue weighted by Crippen LogP contribution is -2.44. The molecule has 0 atom stereocenters. The molecule has 0 bridgehead atoms. The number of anilines is 1. The van der Waals surface area contributed by atoms with Gasteiger partial charge in [-0.25, -0.2) is 15.0 Å². The molecule has 4 aromatic rings. The summed E-state index contributed by atoms with van der Waals surface area (Å²) in [6.07, 6.45) is 2.44. The molecular weight excluding hydrogens is 519 g/mol. The second-order valence-corrected chi connectivity index (χ2v) is 10.2. The lowest BCUT2D eigenvalue weighted by Gasteiger charge is -2.27. The third-order valence-corrected chi connectivity index (χ3v) is 7.31. The van der Waals surface area contributed by atoms with Gasteiger partial charge in [0.05, 0.1) is 25.5 Å². The maximum absolute atomic E-state index is 15.1. The van der Waals surface area contributed by atoms with Crippen LogP contribution in [0.25, 0.3) is 11.3 Å². The van der Waals surface area contributed by atoms with Crippen molar-refractivity contribution in [2.45, 2.75) is 26.4 Å². The van der Waals surface area contributed by atoms with Crippen molar-refractivity contribution in [1.82, 2.24) is 25.2 Å². The second kappa shape index (κ2) is 13.5. The molecule has 1 aliphatic rings. The van der Waals surface area contributed by atoms with Gasteiger partial charge in [0, 0.05) is 58.1 Å². The number of piperazine rings is 1. The van der Waals surface area contributed by atoms with E-state index in [0.29, 0.717) is 36.0 Å². The first-order valence-corrected chi connectivity index (χ1v) is 13.9. The molecule has 0 aliphatic carbocycles. The van der Waals surface area contributed by atoms with Crippen molar-refractivity contribution in [2.24, 2.45) is 0 Å². The van der Waals surface area contributed by atoms with E-state index >= 15 is 4.39 Å². The number of nitrogens with zero attached hydrogens (tertiary/aromatic N) is 5. The molecule has 0 unspecified atom stereocenters. The van der Waals surface area contributed by atoms with Crippen molar-refractivity contribution in [1.29, 1.82) is 0 Å². The fraction of sp³-hybridized carbons (Fsp3) is 0.344. The number of aromatic nitrogens is 3. The minimum absolute atomic E-state index is 0.392. The SMILES string of the molecule is COc1ccc(CN(Cc2ccc(OC)cc2)c2cc(-c3cc(CCN4CCNCC4)cnc3F)nc(C)n2)cc1. The van der Waals surface area contributed by atoms with Crippen molar-refractivity contribution in [3.63, 3.8) is 0 Å². The van der Waals surface area contributed by atoms with Crippen LogP contribution in [0.4, 0.5) is 10.2 Å². The molecule has 5 rings (SSSR count). The normalized spacial score (nSPS) is 13.7. The average Bonchev–Trinajstić information content (AvgIpc) is 3.01. The van der Waals surface area contributed by atoms with E-state index in [4.69, 9.17) is 14.5 Å². The summed E-state index contributed by atoms with van der Waals surface area (Å²) in [6.45, 7) is 7.99. The van der Waals surface area contributed by atoms with Crippen LogP contribution < -0.4 is 19.7 Å². The first-order chi connectivity index (χ1) is 20.0. The topological polar surface area (TPSA) is 75.6 Å². The van der Waals surface area contributed by atoms with Crippen LogP contribution in [0.2, 0.25) is 0 Å². The van der Waals surface area contributed by atoms with Crippen LogP contribution in [0.3, 0.4) is 0 Å². The number of nitrogens with one attached hydrogen (secondary N) is 1. The summed E-state index contributed by atoms with van der Waals surface area (Å²) in [5.74, 6) is 2.35. The maximum Gasteiger partial charge on any atom is 0.222 e. The number of halogens is 1. The number of hydrogen-bond donors (Lipinski definition) is 1. The molecule has 3 heterocycles. The van der Waals surface area contributed by atoms with Gasteiger partial charge in [-0.05, 0) is 60.4 Å². The number of benzene rings is 2. The lowest BCUT2D eigenvalue weighted by atomic mass is 10.1. The smallest absolute Gasteiger partial charge is 0.222 e. The Morgan fingerprint density at radius 1 is 0.854 bits per heavy atom. The summed E-state index contributed by atoms with van der Waals surface area (Å²) in [7, 11) is 3.31. The molecule has 9 heteroatoms. The summed E-state index contributed by atoms with van der Waals surface area (Å²) in [5, 5.41) is 3.38. The van der Waals surface area contributed by atoms with E-state index in [1.54, 1.807) is 20.4 Å². The van der Waals surface area contributed by atoms with Gasteiger partial charge in [0.25, 0.3) is 0 Å². The monoisotopic (exact) mass is 556 g/mol. The van der Waals surface area contributed by atoms with Gasteiger partial charge in [-0.2, -0.15) is 4.39 Å². The van der Waals surface area contributed by atoms with E-state index in [1.807, 2.05) is 67.6 Å². The zero-order valence-corrected chi connectivity index (χ0v) is 23.9. The number of hydrogen-bond acceptors (Lipinski definition) is 8. The third kappa shape index (κ3) is 7.56. The number of rotatable bonds is 11. The Bertz CT molecular complexity index is 1380. The van der Waals surface area contributed by atoms with Gasteiger partial charge in [0.1, 0.15) is 23.1 Å². The van der Waals surface area contributed by atoms with Gasteiger partial charge in [-0.1, -0.05) is 24.3 Å². The highest BCUT2D eigenvalue weighted by atomic mass is 19.1. The van der Waals surface area contributed by atoms with E-state index < -0.39 is 5.95 Å². The fourth-order valence-corrected chi connectivity index (χ4v) is 5.00. The highest BCUT2D eigenvalue weighted by molar-refractivity contribution is 5.63. The molecule has 0 spiro atoms. The fourth-order valence-electron chi connectivity index (χ4n) is 5.00. The summed E-state index contributed by atoms with van der Waals surface area (Å²) < 4.78 is 25.8. The number of ether oxygens (including phenoxy) is 2. The van der Waals surface area contributed by atoms with Crippen molar-refractivity contribution >= 4 is 5.82 Å². The summed E-state index contributed by atoms with van der Waals surface area (Å²) in [5.41, 5.74) is 4.10. The third-order valence-electron chi connectivity index (χ3n) is 7.31. The number of aryl methyl sites for hydroxylation is 1. The van der Waals surface area contributed by atoms with Crippen LogP contribution in [-0.2, 0) is 19.5 Å². The van der Waals surface area contributed by atoms with Gasteiger partial charge in [0.2, 0.25) is 5.95 Å². The van der Waals surface area contributed by atoms with Crippen molar-refractivity contribution in [3.05, 3.63) is 95.3 Å². The summed E-state index contributed by atoms with van der Waals surface area (Å²) in [6, 6.07) is 19.7. The molecule has 214 valence electrons. The predicted octanol–water partition coefficient (Wildman–Crippen LogP) is 4.66. The van der Waals surface area contributed by atoms with Crippen molar-refractivity contribution in [3.8, 4) is 22.8 Å². The molecule has 41 heavy (non-hydrogen) atoms. The second-order valence-electron chi connectivity index (χ2n) is 10.2. The quantitative estimate of drug-likeness (QED) is 0.268. The maximum atomic E-state index is 15.1. The largest absolute Gasteiger partial charge is 0.497 e. The highest BCUT2D eigenvalue weighted by Gasteiger charge is 2.17. The Hall–Kier alpha value is -4.08. The molecule has 8 nitrogen and oxygen atoms in total. The molecule has 2 aromatic carbocycles. The Morgan fingerprint density at radius 3 is 2.05 bits per heavy atom. The number of methoxy groups -OCH3 is 2. The van der Waals surface area contributed by atoms with Crippen LogP contribution in [0.15, 0.2) is 66.9 Å². The molecule has 1 aliphatic heterocycles. The van der Waals surface area contributed by atoms with Gasteiger partial charge >= 0.3 is 0 Å². The Morgan fingerprint density at radius 2 is 1.46 bits per heavy atom. The van der Waals surface area contributed by atoms with E-state index in [0.717, 1.165) is 67.3 Å². The van der Waals surface area contributed by atoms with Gasteiger partial charge in [0.15, 0.2) is 0 Å². The van der Waals surface area contributed by atoms with Crippen LogP contribution in [0, 0.1) is 12.9 Å². The Balaban J connectivity index is 1.44. The minimum atomic E-state index is -0.531. The van der Waals surface area contributed by atoms with Gasteiger partial charge in [-0.15, -0.1) is 0 Å². The standard InChI is InChI=1S/C32H37FN6O2/c1-23-36-30(29-18-26(20-35-32(29)33)12-15-38-16-13-34-14-17-38)19-31(37-23)39(21-24-4-8-27(40-2)9-5-24)22-25-6-10-28(41-3)11-7-25/h4-11,18-20,34H,12-17,21-22H2,1-3H3. The highest BCUT2D eigenvalue weighted by Crippen LogP contribution is 2.27. The van der Waals surface area contributed by atoms with Crippen LogP contribution >= 0.6 is 0 Å². The lowest BCUT2D eigenvalue weighted by molar-refractivity contribution is 0.244. The Kier molecular flexibility index (Phi) is 9.38. The molecule has 0 saturated carbocycles. The van der Waals surface area contributed by atoms with E-state index in [1.165, 1.54) is 0 Å². The van der Waals surface area contributed by atoms with Crippen LogP contribution in [0.1, 0.15) is 22.5 Å². The van der Waals surface area contributed by atoms with Crippen molar-refractivity contribution in [2.75, 3.05) is 51.8 Å². The number of pyridine rings is 1. The van der Waals surface area contributed by atoms with E-state index in [-0.39, 0.29) is 0 Å². The zero-order chi connectivity index (χ0) is 28.6. The van der Waals surface area contributed by atoms with Crippen LogP contribution in [-0.4, -0.2) is 66.8 Å². The van der Waals surface area contributed by atoms with Gasteiger partial charge in [-0.3, -0.25) is 0 Å². The molecule has 1 fully saturated rings. The Labute approximate surface area is 241 Å². The molecule has 0 radical (unpaired) electrons. The van der Waals surface area contributed by atoms with Gasteiger partial charge < -0.3 is 24.6 Å². The molecule has 1 N–H and O–H groups in total. The molecular formula is C32H37FN6O2. The summed E-state index contributed by atoms with van der Waals surface area (Å²) in [4.78, 5) is 18.1. The molecule has 2 aromatic heterocycles. The predicted molar refractivity (Wildman–Crippen MR) is 159 cm³/mol. The minimum Gasteiger partial charge on any atom is -0.497 e. The van der Waals surface area contributed by atoms with Crippen molar-refractivity contribution < 1.29 is 13.9 Å². The average molecular weight is 557 g/mol. The van der Waals surface area contributed by atoms with E-state index in [9.17, 15) is 0 Å². The molecule has 0 amide bonds.